The standard InChI is InChI=1S/C17H13F3N2O5/c1-10(27-16(24)11-6-8-12(9-7-11)22(25)26)15(23)21-14-5-3-2-4-13(14)17(18,19)20/h2-10H,1H3,(H,21,23). The van der Waals surface area contributed by atoms with E-state index in [0.29, 0.717) is 0 Å². The molecule has 2 aromatic carbocycles. The number of nitrogens with zero attached hydrogens (tertiary/aromatic N) is 1. The molecule has 27 heavy (non-hydrogen) atoms. The van der Waals surface area contributed by atoms with Crippen molar-refractivity contribution in [3.05, 3.63) is 69.8 Å². The number of para-hydroxylation sites is 1. The lowest BCUT2D eigenvalue weighted by atomic mass is 10.1. The van der Waals surface area contributed by atoms with Gasteiger partial charge in [-0.15, -0.1) is 0 Å². The molecule has 142 valence electrons. The number of benzene rings is 2. The Kier molecular flexibility index (Phi) is 5.78. The first-order valence-electron chi connectivity index (χ1n) is 7.52. The SMILES string of the molecule is CC(OC(=O)c1ccc([N+](=O)[O-])cc1)C(=O)Nc1ccccc1C(F)(F)F. The Morgan fingerprint density at radius 2 is 1.70 bits per heavy atom. The summed E-state index contributed by atoms with van der Waals surface area (Å²) in [5.41, 5.74) is -1.78. The van der Waals surface area contributed by atoms with Crippen LogP contribution in [0.4, 0.5) is 24.5 Å². The number of carbonyl (C=O) groups excluding carboxylic acids is 2. The van der Waals surface area contributed by atoms with Gasteiger partial charge in [-0.3, -0.25) is 14.9 Å². The number of esters is 1. The number of hydrogen-bond donors (Lipinski definition) is 1. The van der Waals surface area contributed by atoms with Gasteiger partial charge in [-0.1, -0.05) is 12.1 Å². The van der Waals surface area contributed by atoms with Gasteiger partial charge >= 0.3 is 12.1 Å². The molecular weight excluding hydrogens is 369 g/mol. The molecule has 10 heteroatoms. The van der Waals surface area contributed by atoms with Gasteiger partial charge in [-0.05, 0) is 31.2 Å². The molecule has 2 rings (SSSR count). The predicted molar refractivity (Wildman–Crippen MR) is 88.0 cm³/mol. The number of nitro benzene ring substituents is 1. The lowest BCUT2D eigenvalue weighted by molar-refractivity contribution is -0.384. The minimum atomic E-state index is -4.66. The first kappa shape index (κ1) is 19.9. The number of anilines is 1. The summed E-state index contributed by atoms with van der Waals surface area (Å²) >= 11 is 0. The molecule has 0 fully saturated rings. The summed E-state index contributed by atoms with van der Waals surface area (Å²) in [6, 6.07) is 8.83. The summed E-state index contributed by atoms with van der Waals surface area (Å²) in [6.07, 6.45) is -6.06. The largest absolute Gasteiger partial charge is 0.449 e. The molecule has 1 unspecified atom stereocenters. The van der Waals surface area contributed by atoms with Crippen molar-refractivity contribution < 1.29 is 32.4 Å². The van der Waals surface area contributed by atoms with Gasteiger partial charge in [0.1, 0.15) is 0 Å². The molecule has 0 saturated carbocycles. The third-order valence-electron chi connectivity index (χ3n) is 3.46. The van der Waals surface area contributed by atoms with Crippen molar-refractivity contribution in [2.75, 3.05) is 5.32 Å². The zero-order chi connectivity index (χ0) is 20.2. The number of nitro groups is 1. The van der Waals surface area contributed by atoms with Crippen LogP contribution in [0.5, 0.6) is 0 Å². The van der Waals surface area contributed by atoms with E-state index in [1.807, 2.05) is 0 Å². The highest BCUT2D eigenvalue weighted by Crippen LogP contribution is 2.34. The number of amides is 1. The number of hydrogen-bond acceptors (Lipinski definition) is 5. The predicted octanol–water partition coefficient (Wildman–Crippen LogP) is 3.80. The summed E-state index contributed by atoms with van der Waals surface area (Å²) < 4.78 is 43.7. The summed E-state index contributed by atoms with van der Waals surface area (Å²) in [7, 11) is 0. The Hall–Kier alpha value is -3.43. The van der Waals surface area contributed by atoms with Crippen molar-refractivity contribution in [3.63, 3.8) is 0 Å². The molecule has 1 atom stereocenters. The number of halogens is 3. The van der Waals surface area contributed by atoms with E-state index >= 15 is 0 Å². The average molecular weight is 382 g/mol. The van der Waals surface area contributed by atoms with Gasteiger partial charge in [0.2, 0.25) is 0 Å². The molecule has 0 bridgehead atoms. The summed E-state index contributed by atoms with van der Waals surface area (Å²) in [5.74, 6) is -1.90. The lowest BCUT2D eigenvalue weighted by Crippen LogP contribution is -2.30. The average Bonchev–Trinajstić information content (AvgIpc) is 2.61. The Balaban J connectivity index is 2.06. The van der Waals surface area contributed by atoms with Crippen LogP contribution in [-0.2, 0) is 15.7 Å². The zero-order valence-corrected chi connectivity index (χ0v) is 13.8. The number of ether oxygens (including phenoxy) is 1. The van der Waals surface area contributed by atoms with Crippen molar-refractivity contribution in [2.24, 2.45) is 0 Å². The first-order chi connectivity index (χ1) is 12.6. The van der Waals surface area contributed by atoms with E-state index in [1.165, 1.54) is 19.1 Å². The smallest absolute Gasteiger partial charge is 0.418 e. The molecule has 0 aliphatic carbocycles. The van der Waals surface area contributed by atoms with E-state index in [4.69, 9.17) is 4.74 Å². The fourth-order valence-electron chi connectivity index (χ4n) is 2.08. The quantitative estimate of drug-likeness (QED) is 0.482. The van der Waals surface area contributed by atoms with Crippen LogP contribution >= 0.6 is 0 Å². The Morgan fingerprint density at radius 3 is 2.26 bits per heavy atom. The second kappa shape index (κ2) is 7.85. The number of non-ortho nitro benzene ring substituents is 1. The molecule has 7 nitrogen and oxygen atoms in total. The Bertz CT molecular complexity index is 866. The van der Waals surface area contributed by atoms with Crippen molar-refractivity contribution in [1.29, 1.82) is 0 Å². The summed E-state index contributed by atoms with van der Waals surface area (Å²) in [5, 5.41) is 12.6. The Morgan fingerprint density at radius 1 is 1.11 bits per heavy atom. The third-order valence-corrected chi connectivity index (χ3v) is 3.46. The van der Waals surface area contributed by atoms with Crippen molar-refractivity contribution in [2.45, 2.75) is 19.2 Å². The third kappa shape index (κ3) is 5.03. The van der Waals surface area contributed by atoms with E-state index < -0.39 is 40.3 Å². The second-order valence-electron chi connectivity index (χ2n) is 5.38. The molecular formula is C17H13F3N2O5. The van der Waals surface area contributed by atoms with Gasteiger partial charge in [0.25, 0.3) is 11.6 Å². The number of rotatable bonds is 5. The van der Waals surface area contributed by atoms with Gasteiger partial charge in [0.05, 0.1) is 21.7 Å². The highest BCUT2D eigenvalue weighted by atomic mass is 19.4. The molecule has 0 spiro atoms. The van der Waals surface area contributed by atoms with Crippen LogP contribution in [0.15, 0.2) is 48.5 Å². The molecule has 0 aliphatic rings. The molecule has 0 saturated heterocycles. The van der Waals surface area contributed by atoms with Crippen LogP contribution in [0.1, 0.15) is 22.8 Å². The minimum Gasteiger partial charge on any atom is -0.449 e. The van der Waals surface area contributed by atoms with E-state index in [2.05, 4.69) is 5.32 Å². The van der Waals surface area contributed by atoms with E-state index in [9.17, 15) is 32.9 Å². The molecule has 0 aromatic heterocycles. The van der Waals surface area contributed by atoms with Crippen molar-refractivity contribution >= 4 is 23.3 Å². The fourth-order valence-corrected chi connectivity index (χ4v) is 2.08. The van der Waals surface area contributed by atoms with Gasteiger partial charge in [-0.2, -0.15) is 13.2 Å². The maximum atomic E-state index is 12.9. The van der Waals surface area contributed by atoms with Crippen LogP contribution in [0, 0.1) is 10.1 Å². The molecule has 1 amide bonds. The van der Waals surface area contributed by atoms with Crippen molar-refractivity contribution in [1.82, 2.24) is 0 Å². The van der Waals surface area contributed by atoms with Crippen LogP contribution in [0.25, 0.3) is 0 Å². The van der Waals surface area contributed by atoms with E-state index in [1.54, 1.807) is 0 Å². The summed E-state index contributed by atoms with van der Waals surface area (Å²) in [6.45, 7) is 1.19. The summed E-state index contributed by atoms with van der Waals surface area (Å²) in [4.78, 5) is 34.0. The minimum absolute atomic E-state index is 0.0454. The topological polar surface area (TPSA) is 98.5 Å². The maximum Gasteiger partial charge on any atom is 0.418 e. The van der Waals surface area contributed by atoms with E-state index in [0.717, 1.165) is 36.4 Å². The van der Waals surface area contributed by atoms with Gasteiger partial charge in [-0.25, -0.2) is 4.79 Å². The highest BCUT2D eigenvalue weighted by molar-refractivity contribution is 5.97. The normalized spacial score (nSPS) is 12.1. The Labute approximate surface area is 150 Å². The number of carbonyl (C=O) groups is 2. The van der Waals surface area contributed by atoms with Crippen LogP contribution < -0.4 is 5.32 Å². The molecule has 2 aromatic rings. The molecule has 0 heterocycles. The lowest BCUT2D eigenvalue weighted by Gasteiger charge is -2.16. The van der Waals surface area contributed by atoms with Gasteiger partial charge in [0, 0.05) is 12.1 Å². The number of nitrogens with one attached hydrogen (secondary N) is 1. The second-order valence-corrected chi connectivity index (χ2v) is 5.38. The fraction of sp³-hybridized carbons (Fsp3) is 0.176. The molecule has 0 aliphatic heterocycles. The highest BCUT2D eigenvalue weighted by Gasteiger charge is 2.34. The van der Waals surface area contributed by atoms with Crippen LogP contribution in [-0.4, -0.2) is 22.9 Å². The van der Waals surface area contributed by atoms with Crippen LogP contribution in [0.2, 0.25) is 0 Å². The zero-order valence-electron chi connectivity index (χ0n) is 13.8. The molecule has 1 N–H and O–H groups in total. The maximum absolute atomic E-state index is 12.9. The molecule has 0 radical (unpaired) electrons. The van der Waals surface area contributed by atoms with Crippen molar-refractivity contribution in [3.8, 4) is 0 Å². The van der Waals surface area contributed by atoms with Crippen LogP contribution in [0.3, 0.4) is 0 Å². The monoisotopic (exact) mass is 382 g/mol. The van der Waals surface area contributed by atoms with Gasteiger partial charge in [0.15, 0.2) is 6.10 Å². The first-order valence-corrected chi connectivity index (χ1v) is 7.52. The van der Waals surface area contributed by atoms with Gasteiger partial charge < -0.3 is 10.1 Å². The van der Waals surface area contributed by atoms with E-state index in [-0.39, 0.29) is 11.3 Å². The number of alkyl halides is 3.